The Bertz CT molecular complexity index is 1090. The molecule has 1 heterocycles. The minimum atomic E-state index is -3.28. The predicted octanol–water partition coefficient (Wildman–Crippen LogP) is 4.32. The molecule has 0 aliphatic carbocycles. The van der Waals surface area contributed by atoms with Crippen LogP contribution in [0.3, 0.4) is 0 Å². The van der Waals surface area contributed by atoms with Gasteiger partial charge in [-0.1, -0.05) is 18.7 Å². The number of rotatable bonds is 5. The van der Waals surface area contributed by atoms with Crippen molar-refractivity contribution in [1.82, 2.24) is 4.57 Å². The van der Waals surface area contributed by atoms with E-state index in [0.29, 0.717) is 5.69 Å². The highest BCUT2D eigenvalue weighted by Gasteiger charge is 2.10. The summed E-state index contributed by atoms with van der Waals surface area (Å²) in [6.45, 7) is 5.32. The largest absolute Gasteiger partial charge is 0.497 e. The number of ether oxygens (including phenoxy) is 1. The summed E-state index contributed by atoms with van der Waals surface area (Å²) in [6.07, 6.45) is 2.88. The van der Waals surface area contributed by atoms with E-state index in [0.717, 1.165) is 34.2 Å². The standard InChI is InChI=1S/C18H18N2O3S.C2H3N/c1-4-20-17(11-14-7-10-16(23-2)12-18(14)20)13-5-8-15(9-6-13)19-24(3,21)22;1-2-3/h4-12,19H,1H2,2-3H3;1H3. The Hall–Kier alpha value is -3.24. The van der Waals surface area contributed by atoms with Crippen LogP contribution in [0.25, 0.3) is 28.4 Å². The van der Waals surface area contributed by atoms with Crippen molar-refractivity contribution >= 4 is 32.8 Å². The van der Waals surface area contributed by atoms with Gasteiger partial charge < -0.3 is 9.30 Å². The fourth-order valence-corrected chi connectivity index (χ4v) is 3.23. The second kappa shape index (κ2) is 8.43. The summed E-state index contributed by atoms with van der Waals surface area (Å²) < 4.78 is 32.3. The molecule has 7 heteroatoms. The molecule has 0 saturated carbocycles. The second-order valence-corrected chi connectivity index (χ2v) is 7.43. The molecule has 3 aromatic rings. The van der Waals surface area contributed by atoms with Crippen molar-refractivity contribution in [2.75, 3.05) is 18.1 Å². The first-order valence-electron chi connectivity index (χ1n) is 8.03. The van der Waals surface area contributed by atoms with Gasteiger partial charge in [0.1, 0.15) is 5.75 Å². The zero-order valence-electron chi connectivity index (χ0n) is 15.4. The molecule has 0 spiro atoms. The Morgan fingerprint density at radius 2 is 1.81 bits per heavy atom. The van der Waals surface area contributed by atoms with Crippen molar-refractivity contribution in [3.8, 4) is 23.1 Å². The predicted molar refractivity (Wildman–Crippen MR) is 110 cm³/mol. The van der Waals surface area contributed by atoms with Gasteiger partial charge in [-0.3, -0.25) is 4.72 Å². The number of methoxy groups -OCH3 is 1. The van der Waals surface area contributed by atoms with Gasteiger partial charge >= 0.3 is 0 Å². The monoisotopic (exact) mass is 383 g/mol. The Kier molecular flexibility index (Phi) is 6.27. The van der Waals surface area contributed by atoms with E-state index < -0.39 is 10.0 Å². The van der Waals surface area contributed by atoms with E-state index in [1.54, 1.807) is 31.5 Å². The SMILES string of the molecule is C=Cn1c(-c2ccc(NS(C)(=O)=O)cc2)cc2ccc(OC)cc21.CC#N. The lowest BCUT2D eigenvalue weighted by Gasteiger charge is -2.08. The maximum Gasteiger partial charge on any atom is 0.229 e. The van der Waals surface area contributed by atoms with Crippen LogP contribution < -0.4 is 9.46 Å². The molecular weight excluding hydrogens is 362 g/mol. The number of nitriles is 1. The molecule has 6 nitrogen and oxygen atoms in total. The minimum Gasteiger partial charge on any atom is -0.497 e. The quantitative estimate of drug-likeness (QED) is 0.711. The number of aromatic nitrogens is 1. The summed E-state index contributed by atoms with van der Waals surface area (Å²) in [5.74, 6) is 0.781. The first-order chi connectivity index (χ1) is 12.8. The third-order valence-electron chi connectivity index (χ3n) is 3.72. The van der Waals surface area contributed by atoms with Gasteiger partial charge in [0, 0.05) is 30.3 Å². The zero-order chi connectivity index (χ0) is 20.0. The normalized spacial score (nSPS) is 10.4. The highest BCUT2D eigenvalue weighted by atomic mass is 32.2. The van der Waals surface area contributed by atoms with Gasteiger partial charge in [0.2, 0.25) is 10.0 Å². The van der Waals surface area contributed by atoms with Gasteiger partial charge in [-0.25, -0.2) is 8.42 Å². The van der Waals surface area contributed by atoms with Crippen molar-refractivity contribution in [2.45, 2.75) is 6.92 Å². The van der Waals surface area contributed by atoms with E-state index in [1.807, 2.05) is 34.9 Å². The maximum absolute atomic E-state index is 11.3. The molecule has 0 saturated heterocycles. The molecule has 0 radical (unpaired) electrons. The molecule has 0 bridgehead atoms. The summed E-state index contributed by atoms with van der Waals surface area (Å²) in [5.41, 5.74) is 3.46. The van der Waals surface area contributed by atoms with Crippen molar-refractivity contribution in [3.63, 3.8) is 0 Å². The Morgan fingerprint density at radius 3 is 2.33 bits per heavy atom. The lowest BCUT2D eigenvalue weighted by Crippen LogP contribution is -2.09. The number of hydrogen-bond donors (Lipinski definition) is 1. The summed E-state index contributed by atoms with van der Waals surface area (Å²) in [4.78, 5) is 0. The Balaban J connectivity index is 0.000000817. The minimum absolute atomic E-state index is 0.532. The highest BCUT2D eigenvalue weighted by Crippen LogP contribution is 2.31. The molecule has 1 aromatic heterocycles. The first-order valence-corrected chi connectivity index (χ1v) is 9.92. The third-order valence-corrected chi connectivity index (χ3v) is 4.32. The number of anilines is 1. The van der Waals surface area contributed by atoms with Crippen LogP contribution in [0.15, 0.2) is 55.1 Å². The summed E-state index contributed by atoms with van der Waals surface area (Å²) in [7, 11) is -1.65. The highest BCUT2D eigenvalue weighted by molar-refractivity contribution is 7.92. The van der Waals surface area contributed by atoms with Crippen molar-refractivity contribution in [2.24, 2.45) is 0 Å². The van der Waals surface area contributed by atoms with Crippen LogP contribution >= 0.6 is 0 Å². The molecular formula is C20H21N3O3S. The van der Waals surface area contributed by atoms with Gasteiger partial charge in [-0.05, 0) is 35.9 Å². The van der Waals surface area contributed by atoms with Crippen molar-refractivity contribution < 1.29 is 13.2 Å². The third kappa shape index (κ3) is 4.90. The fraction of sp³-hybridized carbons (Fsp3) is 0.150. The molecule has 1 N–H and O–H groups in total. The molecule has 0 fully saturated rings. The first kappa shape index (κ1) is 20.1. The van der Waals surface area contributed by atoms with E-state index in [9.17, 15) is 8.42 Å². The molecule has 0 unspecified atom stereocenters. The fourth-order valence-electron chi connectivity index (χ4n) is 2.67. The van der Waals surface area contributed by atoms with Gasteiger partial charge in [-0.15, -0.1) is 0 Å². The molecule has 0 atom stereocenters. The molecule has 27 heavy (non-hydrogen) atoms. The average molecular weight is 383 g/mol. The number of nitrogens with zero attached hydrogens (tertiary/aromatic N) is 2. The summed E-state index contributed by atoms with van der Waals surface area (Å²) >= 11 is 0. The van der Waals surface area contributed by atoms with Crippen molar-refractivity contribution in [1.29, 1.82) is 5.26 Å². The molecule has 140 valence electrons. The van der Waals surface area contributed by atoms with Gasteiger partial charge in [0.05, 0.1) is 30.6 Å². The number of hydrogen-bond acceptors (Lipinski definition) is 4. The average Bonchev–Trinajstić information content (AvgIpc) is 2.99. The van der Waals surface area contributed by atoms with E-state index >= 15 is 0 Å². The van der Waals surface area contributed by atoms with Gasteiger partial charge in [0.15, 0.2) is 0 Å². The topological polar surface area (TPSA) is 84.1 Å². The van der Waals surface area contributed by atoms with E-state index in [2.05, 4.69) is 17.4 Å². The Labute approximate surface area is 159 Å². The lowest BCUT2D eigenvalue weighted by atomic mass is 10.1. The molecule has 0 amide bonds. The number of benzene rings is 2. The van der Waals surface area contributed by atoms with Gasteiger partial charge in [-0.2, -0.15) is 5.26 Å². The van der Waals surface area contributed by atoms with E-state index in [-0.39, 0.29) is 0 Å². The number of nitrogens with one attached hydrogen (secondary N) is 1. The van der Waals surface area contributed by atoms with Crippen LogP contribution in [0.5, 0.6) is 5.75 Å². The summed E-state index contributed by atoms with van der Waals surface area (Å²) in [5, 5.41) is 8.39. The Morgan fingerprint density at radius 1 is 1.19 bits per heavy atom. The van der Waals surface area contributed by atoms with Crippen LogP contribution in [0.1, 0.15) is 6.92 Å². The van der Waals surface area contributed by atoms with Gasteiger partial charge in [0.25, 0.3) is 0 Å². The van der Waals surface area contributed by atoms with E-state index in [1.165, 1.54) is 6.92 Å². The van der Waals surface area contributed by atoms with E-state index in [4.69, 9.17) is 10.00 Å². The lowest BCUT2D eigenvalue weighted by molar-refractivity contribution is 0.415. The summed E-state index contributed by atoms with van der Waals surface area (Å²) in [6, 6.07) is 16.9. The zero-order valence-corrected chi connectivity index (χ0v) is 16.2. The molecule has 0 aliphatic heterocycles. The second-order valence-electron chi connectivity index (χ2n) is 5.68. The number of sulfonamides is 1. The number of fused-ring (bicyclic) bond motifs is 1. The molecule has 2 aromatic carbocycles. The molecule has 3 rings (SSSR count). The molecule has 0 aliphatic rings. The maximum atomic E-state index is 11.3. The smallest absolute Gasteiger partial charge is 0.229 e. The van der Waals surface area contributed by atoms with Crippen LogP contribution in [0, 0.1) is 11.3 Å². The van der Waals surface area contributed by atoms with Crippen LogP contribution in [0.4, 0.5) is 5.69 Å². The van der Waals surface area contributed by atoms with Crippen molar-refractivity contribution in [3.05, 3.63) is 55.1 Å². The van der Waals surface area contributed by atoms with Crippen LogP contribution in [-0.2, 0) is 10.0 Å². The van der Waals surface area contributed by atoms with Crippen LogP contribution in [-0.4, -0.2) is 26.4 Å². The van der Waals surface area contributed by atoms with Crippen LogP contribution in [0.2, 0.25) is 0 Å².